The molecule has 0 atom stereocenters. The van der Waals surface area contributed by atoms with Crippen LogP contribution in [0.5, 0.6) is 0 Å². The molecule has 0 spiro atoms. The van der Waals surface area contributed by atoms with Crippen LogP contribution in [0.1, 0.15) is 17.0 Å². The van der Waals surface area contributed by atoms with Crippen LogP contribution in [0, 0.1) is 13.8 Å². The van der Waals surface area contributed by atoms with Gasteiger partial charge in [-0.05, 0) is 38.1 Å². The van der Waals surface area contributed by atoms with Crippen LogP contribution < -0.4 is 0 Å². The van der Waals surface area contributed by atoms with Crippen molar-refractivity contribution < 1.29 is 0 Å². The van der Waals surface area contributed by atoms with Crippen LogP contribution >= 0.6 is 11.6 Å². The highest BCUT2D eigenvalue weighted by molar-refractivity contribution is 6.32. The number of nitrogens with zero attached hydrogens (tertiary/aromatic N) is 4. The summed E-state index contributed by atoms with van der Waals surface area (Å²) in [6.45, 7) is 4.82. The summed E-state index contributed by atoms with van der Waals surface area (Å²) in [5, 5.41) is 0.725. The third-order valence-corrected chi connectivity index (χ3v) is 4.09. The van der Waals surface area contributed by atoms with Crippen molar-refractivity contribution in [2.45, 2.75) is 13.8 Å². The summed E-state index contributed by atoms with van der Waals surface area (Å²) in [7, 11) is 0. The molecular formula is C17H15ClN4. The summed E-state index contributed by atoms with van der Waals surface area (Å²) in [4.78, 5) is 11.3. The lowest BCUT2D eigenvalue weighted by Gasteiger charge is -2.25. The lowest BCUT2D eigenvalue weighted by molar-refractivity contribution is 0.615. The number of aliphatic imine (C=N–C) groups is 1. The van der Waals surface area contributed by atoms with Crippen molar-refractivity contribution in [3.05, 3.63) is 64.9 Å². The number of hydrogen-bond donors (Lipinski definition) is 0. The van der Waals surface area contributed by atoms with E-state index in [9.17, 15) is 0 Å². The Morgan fingerprint density at radius 2 is 2.05 bits per heavy atom. The normalized spacial score (nSPS) is 17.2. The molecule has 0 bridgehead atoms. The second-order valence-electron chi connectivity index (χ2n) is 5.55. The molecule has 0 saturated carbocycles. The molecule has 5 heteroatoms. The van der Waals surface area contributed by atoms with E-state index in [2.05, 4.69) is 27.7 Å². The van der Waals surface area contributed by atoms with E-state index in [0.29, 0.717) is 0 Å². The Bertz CT molecular complexity index is 899. The quantitative estimate of drug-likeness (QED) is 0.805. The number of fused-ring (bicyclic) bond motifs is 2. The molecule has 110 valence electrons. The Labute approximate surface area is 133 Å². The lowest BCUT2D eigenvalue weighted by Crippen LogP contribution is -2.28. The summed E-state index contributed by atoms with van der Waals surface area (Å²) < 4.78 is 2.12. The monoisotopic (exact) mass is 310 g/mol. The number of hydrogen-bond acceptors (Lipinski definition) is 3. The van der Waals surface area contributed by atoms with Gasteiger partial charge in [0.25, 0.3) is 0 Å². The van der Waals surface area contributed by atoms with Gasteiger partial charge in [-0.15, -0.1) is 0 Å². The Morgan fingerprint density at radius 3 is 2.91 bits per heavy atom. The molecule has 0 fully saturated rings. The Balaban J connectivity index is 1.76. The molecule has 4 nitrogen and oxygen atoms in total. The molecule has 0 saturated heterocycles. The molecule has 0 aromatic carbocycles. The van der Waals surface area contributed by atoms with E-state index in [1.807, 2.05) is 43.3 Å². The molecule has 0 unspecified atom stereocenters. The fourth-order valence-electron chi connectivity index (χ4n) is 2.86. The van der Waals surface area contributed by atoms with Gasteiger partial charge in [0.05, 0.1) is 27.6 Å². The minimum atomic E-state index is 0.725. The summed E-state index contributed by atoms with van der Waals surface area (Å²) in [6, 6.07) is 2.14. The van der Waals surface area contributed by atoms with Crippen molar-refractivity contribution in [3.63, 3.8) is 0 Å². The van der Waals surface area contributed by atoms with Crippen LogP contribution in [0.4, 0.5) is 0 Å². The maximum Gasteiger partial charge on any atom is 0.133 e. The van der Waals surface area contributed by atoms with E-state index < -0.39 is 0 Å². The Kier molecular flexibility index (Phi) is 2.94. The molecular weight excluding hydrogens is 296 g/mol. The molecule has 4 heterocycles. The van der Waals surface area contributed by atoms with Crippen molar-refractivity contribution in [2.24, 2.45) is 4.99 Å². The molecule has 0 N–H and O–H groups in total. The topological polar surface area (TPSA) is 32.9 Å². The predicted molar refractivity (Wildman–Crippen MR) is 89.9 cm³/mol. The first-order chi connectivity index (χ1) is 10.6. The molecule has 2 aliphatic heterocycles. The zero-order chi connectivity index (χ0) is 15.3. The minimum Gasteiger partial charge on any atom is -0.328 e. The second kappa shape index (κ2) is 4.85. The minimum absolute atomic E-state index is 0.725. The van der Waals surface area contributed by atoms with Gasteiger partial charge in [-0.2, -0.15) is 0 Å². The van der Waals surface area contributed by atoms with Crippen molar-refractivity contribution in [1.82, 2.24) is 14.3 Å². The average Bonchev–Trinajstić information content (AvgIpc) is 2.91. The highest BCUT2D eigenvalue weighted by Gasteiger charge is 2.17. The molecule has 2 aliphatic rings. The first-order valence-electron chi connectivity index (χ1n) is 7.17. The van der Waals surface area contributed by atoms with Crippen LogP contribution in [-0.2, 0) is 0 Å². The fourth-order valence-corrected chi connectivity index (χ4v) is 3.04. The molecule has 22 heavy (non-hydrogen) atoms. The summed E-state index contributed by atoms with van der Waals surface area (Å²) >= 11 is 6.02. The SMILES string of the molecule is Cc1cn2cc(C3=CCN4C=C(Cl)C=CC4=N3)cc2c(C)n1. The number of amidine groups is 1. The zero-order valence-electron chi connectivity index (χ0n) is 12.4. The third kappa shape index (κ3) is 2.16. The van der Waals surface area contributed by atoms with Crippen LogP contribution in [0.15, 0.2) is 52.9 Å². The lowest BCUT2D eigenvalue weighted by atomic mass is 10.2. The van der Waals surface area contributed by atoms with Crippen LogP contribution in [0.2, 0.25) is 0 Å². The first kappa shape index (κ1) is 13.3. The number of aromatic nitrogens is 2. The van der Waals surface area contributed by atoms with Crippen molar-refractivity contribution in [1.29, 1.82) is 0 Å². The van der Waals surface area contributed by atoms with Gasteiger partial charge in [0.15, 0.2) is 0 Å². The maximum atomic E-state index is 6.02. The van der Waals surface area contributed by atoms with Crippen LogP contribution in [-0.4, -0.2) is 26.7 Å². The molecule has 2 aromatic rings. The molecule has 0 radical (unpaired) electrons. The van der Waals surface area contributed by atoms with Gasteiger partial charge in [-0.3, -0.25) is 4.98 Å². The van der Waals surface area contributed by atoms with Crippen molar-refractivity contribution >= 4 is 28.7 Å². The molecule has 0 aliphatic carbocycles. The smallest absolute Gasteiger partial charge is 0.133 e. The van der Waals surface area contributed by atoms with E-state index in [1.165, 1.54) is 0 Å². The van der Waals surface area contributed by atoms with Gasteiger partial charge in [0, 0.05) is 30.7 Å². The Morgan fingerprint density at radius 1 is 1.18 bits per heavy atom. The number of rotatable bonds is 1. The highest BCUT2D eigenvalue weighted by Crippen LogP contribution is 2.26. The zero-order valence-corrected chi connectivity index (χ0v) is 13.2. The second-order valence-corrected chi connectivity index (χ2v) is 5.98. The number of halogens is 1. The largest absolute Gasteiger partial charge is 0.328 e. The molecule has 2 aromatic heterocycles. The van der Waals surface area contributed by atoms with Gasteiger partial charge in [-0.25, -0.2) is 4.99 Å². The van der Waals surface area contributed by atoms with Crippen molar-refractivity contribution in [2.75, 3.05) is 6.54 Å². The van der Waals surface area contributed by atoms with Gasteiger partial charge in [0.1, 0.15) is 5.84 Å². The van der Waals surface area contributed by atoms with E-state index >= 15 is 0 Å². The average molecular weight is 311 g/mol. The van der Waals surface area contributed by atoms with E-state index in [4.69, 9.17) is 16.6 Å². The number of allylic oxidation sites excluding steroid dienone is 2. The summed E-state index contributed by atoms with van der Waals surface area (Å²) in [5.74, 6) is 0.920. The number of aryl methyl sites for hydroxylation is 2. The predicted octanol–water partition coefficient (Wildman–Crippen LogP) is 3.66. The highest BCUT2D eigenvalue weighted by atomic mass is 35.5. The van der Waals surface area contributed by atoms with E-state index in [0.717, 1.165) is 45.6 Å². The maximum absolute atomic E-state index is 6.02. The fraction of sp³-hybridized carbons (Fsp3) is 0.176. The first-order valence-corrected chi connectivity index (χ1v) is 7.55. The Hall–Kier alpha value is -2.33. The van der Waals surface area contributed by atoms with Gasteiger partial charge in [0.2, 0.25) is 0 Å². The van der Waals surface area contributed by atoms with E-state index in [-0.39, 0.29) is 0 Å². The van der Waals surface area contributed by atoms with Crippen LogP contribution in [0.25, 0.3) is 11.2 Å². The summed E-state index contributed by atoms with van der Waals surface area (Å²) in [6.07, 6.45) is 12.0. The molecule has 4 rings (SSSR count). The van der Waals surface area contributed by atoms with Gasteiger partial charge < -0.3 is 9.30 Å². The van der Waals surface area contributed by atoms with Gasteiger partial charge in [-0.1, -0.05) is 11.6 Å². The van der Waals surface area contributed by atoms with Gasteiger partial charge >= 0.3 is 0 Å². The van der Waals surface area contributed by atoms with Crippen LogP contribution in [0.3, 0.4) is 0 Å². The van der Waals surface area contributed by atoms with Crippen molar-refractivity contribution in [3.8, 4) is 0 Å². The molecule has 0 amide bonds. The standard InChI is InChI=1S/C17H15ClN4/c1-11-8-22-9-13(7-16(22)12(2)19-11)15-5-6-21-10-14(18)3-4-17(21)20-15/h3-5,7-10H,6H2,1-2H3. The third-order valence-electron chi connectivity index (χ3n) is 3.87. The van der Waals surface area contributed by atoms with E-state index in [1.54, 1.807) is 0 Å². The summed E-state index contributed by atoms with van der Waals surface area (Å²) in [5.41, 5.74) is 5.26.